The van der Waals surface area contributed by atoms with E-state index in [-0.39, 0.29) is 6.03 Å². The summed E-state index contributed by atoms with van der Waals surface area (Å²) in [6, 6.07) is 18.7. The lowest BCUT2D eigenvalue weighted by Crippen LogP contribution is -2.50. The van der Waals surface area contributed by atoms with E-state index in [0.29, 0.717) is 37.8 Å². The summed E-state index contributed by atoms with van der Waals surface area (Å²) in [7, 11) is 0. The minimum absolute atomic E-state index is 0.107. The molecule has 160 valence electrons. The van der Waals surface area contributed by atoms with Crippen LogP contribution in [0.1, 0.15) is 6.92 Å². The lowest BCUT2D eigenvalue weighted by Gasteiger charge is -2.35. The van der Waals surface area contributed by atoms with Crippen LogP contribution in [0.2, 0.25) is 5.02 Å². The Morgan fingerprint density at radius 2 is 1.74 bits per heavy atom. The van der Waals surface area contributed by atoms with Gasteiger partial charge < -0.3 is 19.9 Å². The highest BCUT2D eigenvalue weighted by molar-refractivity contribution is 6.33. The summed E-state index contributed by atoms with van der Waals surface area (Å²) < 4.78 is 5.43. The largest absolute Gasteiger partial charge is 0.494 e. The molecule has 31 heavy (non-hydrogen) atoms. The molecule has 2 aromatic carbocycles. The number of benzene rings is 2. The van der Waals surface area contributed by atoms with Crippen LogP contribution in [-0.4, -0.2) is 53.9 Å². The fraction of sp³-hybridized carbons (Fsp3) is 0.261. The number of carbonyl (C=O) groups is 1. The van der Waals surface area contributed by atoms with E-state index in [0.717, 1.165) is 28.5 Å². The molecule has 2 heterocycles. The molecule has 7 nitrogen and oxygen atoms in total. The summed E-state index contributed by atoms with van der Waals surface area (Å²) >= 11 is 6.24. The third-order valence-corrected chi connectivity index (χ3v) is 5.44. The number of nitrogens with zero attached hydrogens (tertiary/aromatic N) is 4. The number of halogens is 1. The summed E-state index contributed by atoms with van der Waals surface area (Å²) in [5.41, 5.74) is 2.35. The maximum Gasteiger partial charge on any atom is 0.321 e. The van der Waals surface area contributed by atoms with Gasteiger partial charge in [0.25, 0.3) is 0 Å². The molecule has 1 N–H and O–H groups in total. The first-order valence-electron chi connectivity index (χ1n) is 10.3. The van der Waals surface area contributed by atoms with Crippen molar-refractivity contribution >= 4 is 29.1 Å². The Bertz CT molecular complexity index is 1020. The number of aromatic nitrogens is 2. The quantitative estimate of drug-likeness (QED) is 0.634. The second kappa shape index (κ2) is 9.66. The van der Waals surface area contributed by atoms with E-state index in [4.69, 9.17) is 16.3 Å². The van der Waals surface area contributed by atoms with Gasteiger partial charge in [-0.2, -0.15) is 0 Å². The van der Waals surface area contributed by atoms with Crippen molar-refractivity contribution < 1.29 is 9.53 Å². The molecule has 2 amide bonds. The Kier molecular flexibility index (Phi) is 6.52. The first-order chi connectivity index (χ1) is 15.1. The number of carbonyl (C=O) groups excluding carboxylic acids is 1. The molecule has 1 fully saturated rings. The monoisotopic (exact) mass is 437 g/mol. The highest BCUT2D eigenvalue weighted by Crippen LogP contribution is 2.26. The van der Waals surface area contributed by atoms with Gasteiger partial charge in [0.05, 0.1) is 17.3 Å². The second-order valence-electron chi connectivity index (χ2n) is 7.12. The summed E-state index contributed by atoms with van der Waals surface area (Å²) in [6.45, 7) is 5.15. The Hall–Kier alpha value is -3.32. The van der Waals surface area contributed by atoms with Crippen LogP contribution in [0.3, 0.4) is 0 Å². The number of nitrogens with one attached hydrogen (secondary N) is 1. The topological polar surface area (TPSA) is 70.6 Å². The van der Waals surface area contributed by atoms with Crippen LogP contribution < -0.4 is 15.0 Å². The molecule has 1 aliphatic heterocycles. The van der Waals surface area contributed by atoms with Crippen molar-refractivity contribution in [3.05, 3.63) is 65.7 Å². The van der Waals surface area contributed by atoms with Crippen molar-refractivity contribution in [2.24, 2.45) is 0 Å². The zero-order chi connectivity index (χ0) is 21.6. The number of ether oxygens (including phenoxy) is 1. The molecule has 0 bridgehead atoms. The van der Waals surface area contributed by atoms with Gasteiger partial charge in [-0.1, -0.05) is 29.8 Å². The van der Waals surface area contributed by atoms with Gasteiger partial charge in [0.15, 0.2) is 5.82 Å². The Morgan fingerprint density at radius 1 is 1.00 bits per heavy atom. The number of piperazine rings is 1. The molecule has 0 spiro atoms. The van der Waals surface area contributed by atoms with Crippen molar-refractivity contribution in [3.63, 3.8) is 0 Å². The second-order valence-corrected chi connectivity index (χ2v) is 7.53. The van der Waals surface area contributed by atoms with Crippen LogP contribution in [0.25, 0.3) is 11.3 Å². The van der Waals surface area contributed by atoms with E-state index < -0.39 is 0 Å². The normalized spacial score (nSPS) is 13.7. The molecule has 0 radical (unpaired) electrons. The van der Waals surface area contributed by atoms with Gasteiger partial charge in [-0.15, -0.1) is 10.2 Å². The molecule has 0 atom stereocenters. The van der Waals surface area contributed by atoms with Crippen LogP contribution >= 0.6 is 11.6 Å². The fourth-order valence-corrected chi connectivity index (χ4v) is 3.68. The smallest absolute Gasteiger partial charge is 0.321 e. The minimum atomic E-state index is -0.107. The van der Waals surface area contributed by atoms with Crippen LogP contribution in [0.5, 0.6) is 5.75 Å². The van der Waals surface area contributed by atoms with Gasteiger partial charge in [0.1, 0.15) is 5.75 Å². The van der Waals surface area contributed by atoms with Gasteiger partial charge in [-0.25, -0.2) is 4.79 Å². The molecule has 1 saturated heterocycles. The zero-order valence-corrected chi connectivity index (χ0v) is 18.0. The number of urea groups is 1. The summed E-state index contributed by atoms with van der Waals surface area (Å²) in [6.07, 6.45) is 0. The lowest BCUT2D eigenvalue weighted by atomic mass is 10.1. The number of anilines is 2. The molecule has 3 aromatic rings. The third-order valence-electron chi connectivity index (χ3n) is 5.11. The highest BCUT2D eigenvalue weighted by atomic mass is 35.5. The molecule has 4 rings (SSSR count). The average Bonchev–Trinajstić information content (AvgIpc) is 2.81. The van der Waals surface area contributed by atoms with Crippen LogP contribution in [0.15, 0.2) is 60.7 Å². The molecule has 1 aromatic heterocycles. The van der Waals surface area contributed by atoms with Gasteiger partial charge in [-0.05, 0) is 49.4 Å². The lowest BCUT2D eigenvalue weighted by molar-refractivity contribution is 0.208. The molecule has 1 aliphatic rings. The number of hydrogen-bond donors (Lipinski definition) is 1. The molecule has 8 heteroatoms. The number of hydrogen-bond acceptors (Lipinski definition) is 5. The predicted molar refractivity (Wildman–Crippen MR) is 123 cm³/mol. The molecule has 0 saturated carbocycles. The van der Waals surface area contributed by atoms with Gasteiger partial charge in [0, 0.05) is 37.4 Å². The maximum atomic E-state index is 12.6. The van der Waals surface area contributed by atoms with Gasteiger partial charge in [0.2, 0.25) is 0 Å². The Morgan fingerprint density at radius 3 is 2.39 bits per heavy atom. The first kappa shape index (κ1) is 20.9. The van der Waals surface area contributed by atoms with Crippen molar-refractivity contribution in [2.45, 2.75) is 6.92 Å². The van der Waals surface area contributed by atoms with E-state index in [1.165, 1.54) is 0 Å². The summed E-state index contributed by atoms with van der Waals surface area (Å²) in [5, 5.41) is 12.3. The van der Waals surface area contributed by atoms with Crippen molar-refractivity contribution in [3.8, 4) is 17.0 Å². The third kappa shape index (κ3) is 5.06. The fourth-order valence-electron chi connectivity index (χ4n) is 3.45. The SMILES string of the molecule is CCOc1ccc(NC(=O)N2CCN(c3ccc(-c4ccccc4Cl)nn3)CC2)cc1. The zero-order valence-electron chi connectivity index (χ0n) is 17.3. The van der Waals surface area contributed by atoms with E-state index in [1.807, 2.05) is 67.6 Å². The van der Waals surface area contributed by atoms with E-state index in [9.17, 15) is 4.79 Å². The molecule has 0 aliphatic carbocycles. The molecular weight excluding hydrogens is 414 g/mol. The van der Waals surface area contributed by atoms with Crippen LogP contribution in [0, 0.1) is 0 Å². The average molecular weight is 438 g/mol. The van der Waals surface area contributed by atoms with Crippen LogP contribution in [-0.2, 0) is 0 Å². The molecular formula is C23H24ClN5O2. The standard InChI is InChI=1S/C23H24ClN5O2/c1-2-31-18-9-7-17(8-10-18)25-23(30)29-15-13-28(14-16-29)22-12-11-21(26-27-22)19-5-3-4-6-20(19)24/h3-12H,2,13-16H2,1H3,(H,25,30). The summed E-state index contributed by atoms with van der Waals surface area (Å²) in [4.78, 5) is 16.5. The first-order valence-corrected chi connectivity index (χ1v) is 10.6. The minimum Gasteiger partial charge on any atom is -0.494 e. The van der Waals surface area contributed by atoms with E-state index in [1.54, 1.807) is 4.90 Å². The molecule has 0 unspecified atom stereocenters. The maximum absolute atomic E-state index is 12.6. The van der Waals surface area contributed by atoms with Gasteiger partial charge in [-0.3, -0.25) is 0 Å². The van der Waals surface area contributed by atoms with Crippen molar-refractivity contribution in [1.29, 1.82) is 0 Å². The number of rotatable bonds is 5. The van der Waals surface area contributed by atoms with Crippen LogP contribution in [0.4, 0.5) is 16.3 Å². The van der Waals surface area contributed by atoms with Crippen molar-refractivity contribution in [1.82, 2.24) is 15.1 Å². The predicted octanol–water partition coefficient (Wildman–Crippen LogP) is 4.55. The summed E-state index contributed by atoms with van der Waals surface area (Å²) in [5.74, 6) is 1.58. The van der Waals surface area contributed by atoms with Crippen molar-refractivity contribution in [2.75, 3.05) is 43.0 Å². The Labute approximate surface area is 186 Å². The van der Waals surface area contributed by atoms with E-state index >= 15 is 0 Å². The Balaban J connectivity index is 1.32. The highest BCUT2D eigenvalue weighted by Gasteiger charge is 2.22. The van der Waals surface area contributed by atoms with Gasteiger partial charge >= 0.3 is 6.03 Å². The van der Waals surface area contributed by atoms with E-state index in [2.05, 4.69) is 20.4 Å². The number of amides is 2.